The van der Waals surface area contributed by atoms with Crippen LogP contribution in [-0.2, 0) is 9.53 Å². The van der Waals surface area contributed by atoms with Crippen molar-refractivity contribution in [2.75, 3.05) is 33.3 Å². The lowest BCUT2D eigenvalue weighted by molar-refractivity contribution is -0.143. The Morgan fingerprint density at radius 3 is 3.00 bits per heavy atom. The molecule has 2 aliphatic rings. The molecule has 0 aromatic rings. The largest absolute Gasteiger partial charge is 0.364 e. The molecule has 1 N–H and O–H groups in total. The van der Waals surface area contributed by atoms with E-state index in [1.165, 1.54) is 13.0 Å². The highest BCUT2D eigenvalue weighted by atomic mass is 16.5. The second-order valence-corrected chi connectivity index (χ2v) is 5.14. The van der Waals surface area contributed by atoms with Gasteiger partial charge in [-0.15, -0.1) is 0 Å². The lowest BCUT2D eigenvalue weighted by Crippen LogP contribution is -2.51. The lowest BCUT2D eigenvalue weighted by atomic mass is 9.90. The first-order valence-corrected chi connectivity index (χ1v) is 5.67. The molecule has 86 valence electrons. The van der Waals surface area contributed by atoms with Gasteiger partial charge in [-0.2, -0.15) is 0 Å². The Bertz CT molecular complexity index is 245. The minimum Gasteiger partial charge on any atom is -0.364 e. The van der Waals surface area contributed by atoms with Crippen molar-refractivity contribution in [3.8, 4) is 0 Å². The van der Waals surface area contributed by atoms with Crippen LogP contribution in [0.25, 0.3) is 0 Å². The van der Waals surface area contributed by atoms with Crippen LogP contribution in [0.15, 0.2) is 0 Å². The van der Waals surface area contributed by atoms with Gasteiger partial charge >= 0.3 is 0 Å². The molecule has 0 bridgehead atoms. The summed E-state index contributed by atoms with van der Waals surface area (Å²) in [6.07, 6.45) is 2.31. The summed E-state index contributed by atoms with van der Waals surface area (Å²) in [4.78, 5) is 13.4. The number of hydrogen-bond donors (Lipinski definition) is 1. The van der Waals surface area contributed by atoms with Crippen molar-refractivity contribution in [3.05, 3.63) is 0 Å². The number of ether oxygens (including phenoxy) is 1. The quantitative estimate of drug-likeness (QED) is 0.712. The Balaban J connectivity index is 1.85. The van der Waals surface area contributed by atoms with Gasteiger partial charge in [0.2, 0.25) is 5.91 Å². The Labute approximate surface area is 91.0 Å². The fraction of sp³-hybridized carbons (Fsp3) is 0.909. The summed E-state index contributed by atoms with van der Waals surface area (Å²) < 4.78 is 5.64. The highest BCUT2D eigenvalue weighted by molar-refractivity contribution is 5.77. The third-order valence-corrected chi connectivity index (χ3v) is 3.42. The Morgan fingerprint density at radius 2 is 2.47 bits per heavy atom. The van der Waals surface area contributed by atoms with Crippen molar-refractivity contribution in [1.29, 1.82) is 0 Å². The van der Waals surface area contributed by atoms with Crippen molar-refractivity contribution < 1.29 is 9.53 Å². The van der Waals surface area contributed by atoms with Gasteiger partial charge in [0.15, 0.2) is 0 Å². The van der Waals surface area contributed by atoms with Gasteiger partial charge in [-0.3, -0.25) is 4.79 Å². The van der Waals surface area contributed by atoms with Crippen LogP contribution < -0.4 is 5.32 Å². The number of nitrogens with one attached hydrogen (secondary N) is 1. The van der Waals surface area contributed by atoms with Gasteiger partial charge in [0.1, 0.15) is 6.61 Å². The number of nitrogens with zero attached hydrogens (tertiary/aromatic N) is 1. The summed E-state index contributed by atoms with van der Waals surface area (Å²) in [5.41, 5.74) is -0.149. The predicted octanol–water partition coefficient (Wildman–Crippen LogP) is 0.233. The molecule has 2 saturated heterocycles. The molecule has 2 rings (SSSR count). The standard InChI is InChI=1S/C11H20N2O2/c1-11(8-12-10(14)7-15-11)5-9-3-4-13(2)6-9/h9H,3-8H2,1-2H3,(H,12,14). The Morgan fingerprint density at radius 1 is 1.67 bits per heavy atom. The first-order chi connectivity index (χ1) is 7.07. The number of amides is 1. The second kappa shape index (κ2) is 4.10. The molecule has 0 aromatic carbocycles. The van der Waals surface area contributed by atoms with Crippen LogP contribution in [0.2, 0.25) is 0 Å². The van der Waals surface area contributed by atoms with Crippen LogP contribution in [0.3, 0.4) is 0 Å². The van der Waals surface area contributed by atoms with Gasteiger partial charge < -0.3 is 15.0 Å². The zero-order valence-corrected chi connectivity index (χ0v) is 9.58. The van der Waals surface area contributed by atoms with Crippen molar-refractivity contribution in [2.24, 2.45) is 5.92 Å². The van der Waals surface area contributed by atoms with E-state index < -0.39 is 0 Å². The van der Waals surface area contributed by atoms with Crippen LogP contribution in [0.5, 0.6) is 0 Å². The molecule has 2 atom stereocenters. The maximum absolute atomic E-state index is 11.0. The molecule has 0 aromatic heterocycles. The number of carbonyl (C=O) groups is 1. The van der Waals surface area contributed by atoms with Crippen molar-refractivity contribution >= 4 is 5.91 Å². The van der Waals surface area contributed by atoms with Crippen LogP contribution in [0, 0.1) is 5.92 Å². The van der Waals surface area contributed by atoms with Crippen LogP contribution >= 0.6 is 0 Å². The lowest BCUT2D eigenvalue weighted by Gasteiger charge is -2.35. The molecule has 2 fully saturated rings. The van der Waals surface area contributed by atoms with Gasteiger partial charge in [-0.25, -0.2) is 0 Å². The SMILES string of the molecule is CN1CCC(CC2(C)CNC(=O)CO2)C1. The molecular formula is C11H20N2O2. The Kier molecular flexibility index (Phi) is 2.98. The molecule has 0 spiro atoms. The number of rotatable bonds is 2. The third-order valence-electron chi connectivity index (χ3n) is 3.42. The maximum Gasteiger partial charge on any atom is 0.246 e. The summed E-state index contributed by atoms with van der Waals surface area (Å²) in [5.74, 6) is 0.728. The summed E-state index contributed by atoms with van der Waals surface area (Å²) in [5, 5.41) is 2.88. The first kappa shape index (κ1) is 10.9. The minimum absolute atomic E-state index is 0.0102. The van der Waals surface area contributed by atoms with Crippen LogP contribution in [0.4, 0.5) is 0 Å². The average Bonchev–Trinajstić information content (AvgIpc) is 2.57. The van der Waals surface area contributed by atoms with Gasteiger partial charge in [-0.1, -0.05) is 0 Å². The minimum atomic E-state index is -0.149. The average molecular weight is 212 g/mol. The highest BCUT2D eigenvalue weighted by Gasteiger charge is 2.35. The van der Waals surface area contributed by atoms with E-state index in [1.807, 2.05) is 0 Å². The van der Waals surface area contributed by atoms with E-state index in [1.54, 1.807) is 0 Å². The molecule has 0 radical (unpaired) electrons. The smallest absolute Gasteiger partial charge is 0.246 e. The molecule has 1 amide bonds. The van der Waals surface area contributed by atoms with E-state index in [0.717, 1.165) is 18.9 Å². The molecule has 4 nitrogen and oxygen atoms in total. The first-order valence-electron chi connectivity index (χ1n) is 5.67. The van der Waals surface area contributed by atoms with E-state index in [4.69, 9.17) is 4.74 Å². The molecular weight excluding hydrogens is 192 g/mol. The number of hydrogen-bond acceptors (Lipinski definition) is 3. The summed E-state index contributed by atoms with van der Waals surface area (Å²) in [7, 11) is 2.16. The van der Waals surface area contributed by atoms with E-state index >= 15 is 0 Å². The second-order valence-electron chi connectivity index (χ2n) is 5.14. The van der Waals surface area contributed by atoms with E-state index in [9.17, 15) is 4.79 Å². The molecule has 0 aliphatic carbocycles. The summed E-state index contributed by atoms with van der Waals surface area (Å²) >= 11 is 0. The zero-order chi connectivity index (χ0) is 10.9. The van der Waals surface area contributed by atoms with E-state index in [0.29, 0.717) is 6.54 Å². The number of morpholine rings is 1. The van der Waals surface area contributed by atoms with Crippen molar-refractivity contribution in [2.45, 2.75) is 25.4 Å². The van der Waals surface area contributed by atoms with Gasteiger partial charge in [-0.05, 0) is 39.3 Å². The maximum atomic E-state index is 11.0. The molecule has 15 heavy (non-hydrogen) atoms. The Hall–Kier alpha value is -0.610. The third kappa shape index (κ3) is 2.69. The fourth-order valence-corrected chi connectivity index (χ4v) is 2.56. The number of likely N-dealkylation sites (tertiary alicyclic amines) is 1. The van der Waals surface area contributed by atoms with Gasteiger partial charge in [0.05, 0.1) is 5.60 Å². The van der Waals surface area contributed by atoms with E-state index in [-0.39, 0.29) is 18.1 Å². The van der Waals surface area contributed by atoms with Crippen molar-refractivity contribution in [1.82, 2.24) is 10.2 Å². The van der Waals surface area contributed by atoms with Gasteiger partial charge in [0, 0.05) is 13.1 Å². The molecule has 0 saturated carbocycles. The molecule has 2 unspecified atom stereocenters. The van der Waals surface area contributed by atoms with Crippen molar-refractivity contribution in [3.63, 3.8) is 0 Å². The molecule has 4 heteroatoms. The zero-order valence-electron chi connectivity index (χ0n) is 9.58. The van der Waals surface area contributed by atoms with Gasteiger partial charge in [0.25, 0.3) is 0 Å². The summed E-state index contributed by atoms with van der Waals surface area (Å²) in [6.45, 7) is 5.33. The van der Waals surface area contributed by atoms with Crippen LogP contribution in [0.1, 0.15) is 19.8 Å². The van der Waals surface area contributed by atoms with E-state index in [2.05, 4.69) is 24.2 Å². The summed E-state index contributed by atoms with van der Waals surface area (Å²) in [6, 6.07) is 0. The number of carbonyl (C=O) groups excluding carboxylic acids is 1. The highest BCUT2D eigenvalue weighted by Crippen LogP contribution is 2.28. The molecule has 2 heterocycles. The topological polar surface area (TPSA) is 41.6 Å². The predicted molar refractivity (Wildman–Crippen MR) is 57.6 cm³/mol. The fourth-order valence-electron chi connectivity index (χ4n) is 2.56. The monoisotopic (exact) mass is 212 g/mol. The normalized spacial score (nSPS) is 38.0. The molecule has 2 aliphatic heterocycles. The van der Waals surface area contributed by atoms with Crippen LogP contribution in [-0.4, -0.2) is 49.7 Å².